The first-order valence-electron chi connectivity index (χ1n) is 8.86. The van der Waals surface area contributed by atoms with E-state index in [1.165, 1.54) is 21.7 Å². The second kappa shape index (κ2) is 6.59. The van der Waals surface area contributed by atoms with Crippen molar-refractivity contribution in [1.82, 2.24) is 19.7 Å². The summed E-state index contributed by atoms with van der Waals surface area (Å²) < 4.78 is 2.07. The minimum atomic E-state index is 0.862. The van der Waals surface area contributed by atoms with Crippen LogP contribution in [0.1, 0.15) is 5.56 Å². The SMILES string of the molecule is Cn1c(SCc2cccc3ccccc23)nnc1-c1c[nH]c2ccccc12. The highest BCUT2D eigenvalue weighted by Gasteiger charge is 2.15. The Morgan fingerprint density at radius 3 is 2.59 bits per heavy atom. The molecule has 0 amide bonds. The predicted octanol–water partition coefficient (Wildman–Crippen LogP) is 5.41. The van der Waals surface area contributed by atoms with E-state index in [0.717, 1.165) is 27.8 Å². The van der Waals surface area contributed by atoms with Gasteiger partial charge in [-0.1, -0.05) is 72.4 Å². The Bertz CT molecular complexity index is 1250. The summed E-state index contributed by atoms with van der Waals surface area (Å²) >= 11 is 1.72. The van der Waals surface area contributed by atoms with Crippen LogP contribution in [0.3, 0.4) is 0 Å². The van der Waals surface area contributed by atoms with Crippen LogP contribution in [0.15, 0.2) is 78.1 Å². The van der Waals surface area contributed by atoms with Crippen LogP contribution < -0.4 is 0 Å². The Morgan fingerprint density at radius 2 is 1.67 bits per heavy atom. The summed E-state index contributed by atoms with van der Waals surface area (Å²) in [6.45, 7) is 0. The lowest BCUT2D eigenvalue weighted by Gasteiger charge is -2.06. The predicted molar refractivity (Wildman–Crippen MR) is 112 cm³/mol. The van der Waals surface area contributed by atoms with Gasteiger partial charge < -0.3 is 9.55 Å². The summed E-state index contributed by atoms with van der Waals surface area (Å²) in [4.78, 5) is 3.31. The Morgan fingerprint density at radius 1 is 0.889 bits per heavy atom. The van der Waals surface area contributed by atoms with Gasteiger partial charge in [-0.2, -0.15) is 0 Å². The van der Waals surface area contributed by atoms with Crippen LogP contribution in [0.2, 0.25) is 0 Å². The number of aromatic nitrogens is 4. The van der Waals surface area contributed by atoms with Crippen molar-refractivity contribution in [3.05, 3.63) is 78.5 Å². The maximum Gasteiger partial charge on any atom is 0.191 e. The van der Waals surface area contributed by atoms with Crippen molar-refractivity contribution in [2.45, 2.75) is 10.9 Å². The number of benzene rings is 3. The van der Waals surface area contributed by atoms with Gasteiger partial charge in [0.25, 0.3) is 0 Å². The number of hydrogen-bond acceptors (Lipinski definition) is 3. The van der Waals surface area contributed by atoms with E-state index in [2.05, 4.69) is 74.3 Å². The van der Waals surface area contributed by atoms with Crippen molar-refractivity contribution in [2.24, 2.45) is 7.05 Å². The molecule has 0 saturated heterocycles. The molecular formula is C22H18N4S. The molecule has 0 atom stereocenters. The van der Waals surface area contributed by atoms with Crippen molar-refractivity contribution in [1.29, 1.82) is 0 Å². The zero-order valence-electron chi connectivity index (χ0n) is 14.9. The van der Waals surface area contributed by atoms with Crippen molar-refractivity contribution < 1.29 is 0 Å². The summed E-state index contributed by atoms with van der Waals surface area (Å²) in [5.41, 5.74) is 3.51. The van der Waals surface area contributed by atoms with Crippen LogP contribution in [0.4, 0.5) is 0 Å². The molecule has 5 heteroatoms. The third-order valence-corrected chi connectivity index (χ3v) is 5.97. The van der Waals surface area contributed by atoms with Gasteiger partial charge in [0.1, 0.15) is 0 Å². The van der Waals surface area contributed by atoms with E-state index in [1.807, 2.05) is 25.4 Å². The maximum absolute atomic E-state index is 4.46. The first-order chi connectivity index (χ1) is 13.3. The van der Waals surface area contributed by atoms with Gasteiger partial charge in [-0.25, -0.2) is 0 Å². The maximum atomic E-state index is 4.46. The molecule has 3 aromatic carbocycles. The van der Waals surface area contributed by atoms with E-state index in [4.69, 9.17) is 0 Å². The van der Waals surface area contributed by atoms with Crippen molar-refractivity contribution >= 4 is 33.4 Å². The molecule has 0 fully saturated rings. The number of H-pyrrole nitrogens is 1. The van der Waals surface area contributed by atoms with E-state index in [0.29, 0.717) is 0 Å². The molecule has 0 spiro atoms. The summed E-state index contributed by atoms with van der Waals surface area (Å²) in [5.74, 6) is 1.74. The number of rotatable bonds is 4. The average Bonchev–Trinajstić information content (AvgIpc) is 3.29. The number of fused-ring (bicyclic) bond motifs is 2. The summed E-state index contributed by atoms with van der Waals surface area (Å²) in [6.07, 6.45) is 2.01. The zero-order valence-corrected chi connectivity index (χ0v) is 15.7. The minimum absolute atomic E-state index is 0.862. The lowest BCUT2D eigenvalue weighted by Crippen LogP contribution is -1.95. The van der Waals surface area contributed by atoms with Gasteiger partial charge in [-0.3, -0.25) is 0 Å². The number of para-hydroxylation sites is 1. The molecule has 4 nitrogen and oxygen atoms in total. The normalized spacial score (nSPS) is 11.4. The van der Waals surface area contributed by atoms with E-state index in [-0.39, 0.29) is 0 Å². The lowest BCUT2D eigenvalue weighted by atomic mass is 10.1. The van der Waals surface area contributed by atoms with Gasteiger partial charge in [0.2, 0.25) is 0 Å². The molecule has 0 aliphatic heterocycles. The van der Waals surface area contributed by atoms with Crippen LogP contribution in [0.25, 0.3) is 33.1 Å². The average molecular weight is 370 g/mol. The minimum Gasteiger partial charge on any atom is -0.360 e. The topological polar surface area (TPSA) is 46.5 Å². The van der Waals surface area contributed by atoms with E-state index >= 15 is 0 Å². The lowest BCUT2D eigenvalue weighted by molar-refractivity contribution is 0.794. The summed E-state index contributed by atoms with van der Waals surface area (Å²) in [7, 11) is 2.03. The Kier molecular flexibility index (Phi) is 3.94. The number of thioether (sulfide) groups is 1. The van der Waals surface area contributed by atoms with Gasteiger partial charge in [-0.05, 0) is 22.4 Å². The summed E-state index contributed by atoms with van der Waals surface area (Å²) in [5, 5.41) is 13.5. The molecule has 2 aromatic heterocycles. The van der Waals surface area contributed by atoms with Gasteiger partial charge in [0.15, 0.2) is 11.0 Å². The monoisotopic (exact) mass is 370 g/mol. The number of nitrogens with one attached hydrogen (secondary N) is 1. The molecule has 2 heterocycles. The standard InChI is InChI=1S/C22H18N4S/c1-26-21(19-13-23-20-12-5-4-11-18(19)20)24-25-22(26)27-14-16-9-6-8-15-7-2-3-10-17(15)16/h2-13,23H,14H2,1H3. The smallest absolute Gasteiger partial charge is 0.191 e. The molecule has 0 radical (unpaired) electrons. The first kappa shape index (κ1) is 16.1. The molecule has 0 unspecified atom stereocenters. The molecule has 132 valence electrons. The summed E-state index contributed by atoms with van der Waals surface area (Å²) in [6, 6.07) is 23.2. The van der Waals surface area contributed by atoms with E-state index in [9.17, 15) is 0 Å². The van der Waals surface area contributed by atoms with Crippen LogP contribution in [0, 0.1) is 0 Å². The second-order valence-electron chi connectivity index (χ2n) is 6.54. The number of nitrogens with zero attached hydrogens (tertiary/aromatic N) is 3. The largest absolute Gasteiger partial charge is 0.360 e. The third-order valence-electron chi connectivity index (χ3n) is 4.90. The highest BCUT2D eigenvalue weighted by atomic mass is 32.2. The quantitative estimate of drug-likeness (QED) is 0.430. The van der Waals surface area contributed by atoms with Crippen molar-refractivity contribution in [2.75, 3.05) is 0 Å². The fourth-order valence-corrected chi connectivity index (χ4v) is 4.41. The molecule has 0 bridgehead atoms. The molecule has 0 aliphatic rings. The molecule has 5 aromatic rings. The molecule has 0 saturated carbocycles. The van der Waals surface area contributed by atoms with Crippen LogP contribution in [-0.2, 0) is 12.8 Å². The van der Waals surface area contributed by atoms with Gasteiger partial charge in [-0.15, -0.1) is 10.2 Å². The van der Waals surface area contributed by atoms with Gasteiger partial charge >= 0.3 is 0 Å². The molecule has 1 N–H and O–H groups in total. The van der Waals surface area contributed by atoms with Crippen LogP contribution in [0.5, 0.6) is 0 Å². The van der Waals surface area contributed by atoms with Gasteiger partial charge in [0.05, 0.1) is 0 Å². The fraction of sp³-hybridized carbons (Fsp3) is 0.0909. The Hall–Kier alpha value is -3.05. The zero-order chi connectivity index (χ0) is 18.2. The second-order valence-corrected chi connectivity index (χ2v) is 7.48. The molecule has 5 rings (SSSR count). The van der Waals surface area contributed by atoms with E-state index < -0.39 is 0 Å². The Balaban J connectivity index is 1.46. The fourth-order valence-electron chi connectivity index (χ4n) is 3.49. The number of aromatic amines is 1. The van der Waals surface area contributed by atoms with Crippen molar-refractivity contribution in [3.63, 3.8) is 0 Å². The van der Waals surface area contributed by atoms with Gasteiger partial charge in [0, 0.05) is 35.5 Å². The van der Waals surface area contributed by atoms with Crippen LogP contribution >= 0.6 is 11.8 Å². The van der Waals surface area contributed by atoms with Crippen LogP contribution in [-0.4, -0.2) is 19.7 Å². The van der Waals surface area contributed by atoms with E-state index in [1.54, 1.807) is 11.8 Å². The molecule has 27 heavy (non-hydrogen) atoms. The first-order valence-corrected chi connectivity index (χ1v) is 9.85. The number of hydrogen-bond donors (Lipinski definition) is 1. The van der Waals surface area contributed by atoms with Crippen molar-refractivity contribution in [3.8, 4) is 11.4 Å². The Labute approximate surface area is 161 Å². The third kappa shape index (κ3) is 2.80. The molecular weight excluding hydrogens is 352 g/mol. The highest BCUT2D eigenvalue weighted by molar-refractivity contribution is 7.98. The molecule has 0 aliphatic carbocycles. The highest BCUT2D eigenvalue weighted by Crippen LogP contribution is 2.31.